The number of aromatic hydroxyl groups is 1. The van der Waals surface area contributed by atoms with Gasteiger partial charge in [-0.05, 0) is 37.3 Å². The van der Waals surface area contributed by atoms with Crippen LogP contribution in [0.25, 0.3) is 0 Å². The quantitative estimate of drug-likeness (QED) is 0.851. The molecule has 1 aliphatic rings. The van der Waals surface area contributed by atoms with Crippen molar-refractivity contribution in [3.8, 4) is 5.75 Å². The lowest BCUT2D eigenvalue weighted by molar-refractivity contribution is 0.465. The summed E-state index contributed by atoms with van der Waals surface area (Å²) in [6.07, 6.45) is 7.68. The summed E-state index contributed by atoms with van der Waals surface area (Å²) in [7, 11) is 0. The van der Waals surface area contributed by atoms with Crippen LogP contribution < -0.4 is 4.90 Å². The Hall–Kier alpha value is -1.25. The molecule has 0 saturated carbocycles. The minimum atomic E-state index is 0.341. The van der Waals surface area contributed by atoms with Crippen LogP contribution in [0.1, 0.15) is 38.2 Å². The molecular weight excluding hydrogens is 200 g/mol. The van der Waals surface area contributed by atoms with Gasteiger partial charge in [-0.3, -0.25) is 0 Å². The largest absolute Gasteiger partial charge is 0.504 e. The van der Waals surface area contributed by atoms with E-state index in [0.29, 0.717) is 5.75 Å². The first-order valence-electron chi connectivity index (χ1n) is 6.24. The van der Waals surface area contributed by atoms with E-state index in [-0.39, 0.29) is 0 Å². The van der Waals surface area contributed by atoms with Crippen molar-refractivity contribution >= 4 is 5.82 Å². The molecule has 3 nitrogen and oxygen atoms in total. The molecule has 1 saturated heterocycles. The summed E-state index contributed by atoms with van der Waals surface area (Å²) in [6.45, 7) is 4.18. The fourth-order valence-corrected chi connectivity index (χ4v) is 2.26. The maximum Gasteiger partial charge on any atom is 0.171 e. The molecule has 0 aliphatic carbocycles. The van der Waals surface area contributed by atoms with Gasteiger partial charge in [0.05, 0.1) is 0 Å². The van der Waals surface area contributed by atoms with Crippen LogP contribution in [0.3, 0.4) is 0 Å². The number of nitrogens with zero attached hydrogens (tertiary/aromatic N) is 2. The van der Waals surface area contributed by atoms with Crippen molar-refractivity contribution in [1.29, 1.82) is 0 Å². The summed E-state index contributed by atoms with van der Waals surface area (Å²) in [4.78, 5) is 6.59. The van der Waals surface area contributed by atoms with Crippen LogP contribution in [0.2, 0.25) is 0 Å². The Morgan fingerprint density at radius 1 is 1.31 bits per heavy atom. The van der Waals surface area contributed by atoms with E-state index >= 15 is 0 Å². The second-order valence-corrected chi connectivity index (χ2v) is 4.48. The first-order valence-corrected chi connectivity index (χ1v) is 6.24. The molecule has 2 rings (SSSR count). The third kappa shape index (κ3) is 2.46. The Morgan fingerprint density at radius 2 is 2.06 bits per heavy atom. The Kier molecular flexibility index (Phi) is 3.65. The molecule has 1 aliphatic heterocycles. The fourth-order valence-electron chi connectivity index (χ4n) is 2.26. The number of hydrogen-bond donors (Lipinski definition) is 1. The highest BCUT2D eigenvalue weighted by molar-refractivity contribution is 5.52. The van der Waals surface area contributed by atoms with Crippen molar-refractivity contribution in [2.24, 2.45) is 0 Å². The molecule has 88 valence electrons. The zero-order chi connectivity index (χ0) is 11.4. The molecule has 0 radical (unpaired) electrons. The van der Waals surface area contributed by atoms with E-state index in [1.54, 1.807) is 0 Å². The highest BCUT2D eigenvalue weighted by Crippen LogP contribution is 2.27. The number of pyridine rings is 1. The van der Waals surface area contributed by atoms with E-state index in [1.807, 2.05) is 12.3 Å². The zero-order valence-electron chi connectivity index (χ0n) is 9.95. The van der Waals surface area contributed by atoms with E-state index in [2.05, 4.69) is 16.8 Å². The van der Waals surface area contributed by atoms with E-state index in [0.717, 1.165) is 37.3 Å². The van der Waals surface area contributed by atoms with Gasteiger partial charge in [0, 0.05) is 19.3 Å². The van der Waals surface area contributed by atoms with Gasteiger partial charge >= 0.3 is 0 Å². The molecule has 0 bridgehead atoms. The number of rotatable bonds is 3. The van der Waals surface area contributed by atoms with Crippen molar-refractivity contribution in [2.75, 3.05) is 18.0 Å². The maximum absolute atomic E-state index is 9.97. The molecule has 0 amide bonds. The summed E-state index contributed by atoms with van der Waals surface area (Å²) in [5, 5.41) is 9.97. The van der Waals surface area contributed by atoms with Gasteiger partial charge in [0.2, 0.25) is 0 Å². The zero-order valence-corrected chi connectivity index (χ0v) is 9.95. The van der Waals surface area contributed by atoms with Gasteiger partial charge in [0.15, 0.2) is 11.6 Å². The molecule has 1 aromatic rings. The van der Waals surface area contributed by atoms with Crippen LogP contribution in [-0.2, 0) is 6.42 Å². The third-order valence-electron chi connectivity index (χ3n) is 3.10. The van der Waals surface area contributed by atoms with Crippen LogP contribution in [0.4, 0.5) is 5.82 Å². The van der Waals surface area contributed by atoms with Crippen molar-refractivity contribution in [3.63, 3.8) is 0 Å². The molecular formula is C13H20N2O. The minimum Gasteiger partial charge on any atom is -0.504 e. The van der Waals surface area contributed by atoms with Crippen molar-refractivity contribution < 1.29 is 5.11 Å². The van der Waals surface area contributed by atoms with Gasteiger partial charge < -0.3 is 10.0 Å². The van der Waals surface area contributed by atoms with Crippen LogP contribution in [-0.4, -0.2) is 23.2 Å². The molecule has 1 aromatic heterocycles. The minimum absolute atomic E-state index is 0.341. The number of aromatic nitrogens is 1. The number of hydrogen-bond acceptors (Lipinski definition) is 3. The molecule has 3 heteroatoms. The highest BCUT2D eigenvalue weighted by Gasteiger charge is 2.15. The maximum atomic E-state index is 9.97. The monoisotopic (exact) mass is 220 g/mol. The third-order valence-corrected chi connectivity index (χ3v) is 3.10. The Bertz CT molecular complexity index is 346. The van der Waals surface area contributed by atoms with Crippen LogP contribution in [0, 0.1) is 0 Å². The molecule has 1 N–H and O–H groups in total. The SMILES string of the molecule is CCCc1cnc(N2CCCCC2)c(O)c1. The fraction of sp³-hybridized carbons (Fsp3) is 0.615. The lowest BCUT2D eigenvalue weighted by atomic mass is 10.1. The molecule has 0 atom stereocenters. The summed E-state index contributed by atoms with van der Waals surface area (Å²) >= 11 is 0. The standard InChI is InChI=1S/C13H20N2O/c1-2-6-11-9-12(16)13(14-10-11)15-7-4-3-5-8-15/h9-10,16H,2-8H2,1H3. The van der Waals surface area contributed by atoms with Crippen LogP contribution >= 0.6 is 0 Å². The van der Waals surface area contributed by atoms with Gasteiger partial charge in [0.1, 0.15) is 0 Å². The number of anilines is 1. The molecule has 0 spiro atoms. The summed E-state index contributed by atoms with van der Waals surface area (Å²) in [6, 6.07) is 1.86. The summed E-state index contributed by atoms with van der Waals surface area (Å²) in [5.41, 5.74) is 1.13. The average Bonchev–Trinajstić information content (AvgIpc) is 2.31. The van der Waals surface area contributed by atoms with E-state index in [1.165, 1.54) is 19.3 Å². The lowest BCUT2D eigenvalue weighted by Gasteiger charge is -2.28. The second kappa shape index (κ2) is 5.19. The molecule has 0 aromatic carbocycles. The Labute approximate surface area is 97.1 Å². The van der Waals surface area contributed by atoms with Gasteiger partial charge in [-0.2, -0.15) is 0 Å². The van der Waals surface area contributed by atoms with Crippen molar-refractivity contribution in [3.05, 3.63) is 17.8 Å². The van der Waals surface area contributed by atoms with Crippen LogP contribution in [0.15, 0.2) is 12.3 Å². The molecule has 1 fully saturated rings. The smallest absolute Gasteiger partial charge is 0.171 e. The van der Waals surface area contributed by atoms with Gasteiger partial charge in [-0.15, -0.1) is 0 Å². The van der Waals surface area contributed by atoms with Gasteiger partial charge in [-0.1, -0.05) is 13.3 Å². The second-order valence-electron chi connectivity index (χ2n) is 4.48. The molecule has 16 heavy (non-hydrogen) atoms. The van der Waals surface area contributed by atoms with E-state index < -0.39 is 0 Å². The first kappa shape index (κ1) is 11.2. The van der Waals surface area contributed by atoms with Gasteiger partial charge in [-0.25, -0.2) is 4.98 Å². The molecule has 2 heterocycles. The predicted octanol–water partition coefficient (Wildman–Crippen LogP) is 2.73. The predicted molar refractivity (Wildman–Crippen MR) is 66.0 cm³/mol. The van der Waals surface area contributed by atoms with Gasteiger partial charge in [0.25, 0.3) is 0 Å². The first-order chi connectivity index (χ1) is 7.81. The molecule has 0 unspecified atom stereocenters. The number of piperidine rings is 1. The lowest BCUT2D eigenvalue weighted by Crippen LogP contribution is -2.30. The van der Waals surface area contributed by atoms with Crippen molar-refractivity contribution in [2.45, 2.75) is 39.0 Å². The summed E-state index contributed by atoms with van der Waals surface area (Å²) in [5.74, 6) is 1.10. The summed E-state index contributed by atoms with van der Waals surface area (Å²) < 4.78 is 0. The average molecular weight is 220 g/mol. The normalized spacial score (nSPS) is 16.4. The van der Waals surface area contributed by atoms with E-state index in [4.69, 9.17) is 0 Å². The Morgan fingerprint density at radius 3 is 2.69 bits per heavy atom. The Balaban J connectivity index is 2.14. The number of aryl methyl sites for hydroxylation is 1. The van der Waals surface area contributed by atoms with Crippen molar-refractivity contribution in [1.82, 2.24) is 4.98 Å². The topological polar surface area (TPSA) is 36.4 Å². The highest BCUT2D eigenvalue weighted by atomic mass is 16.3. The van der Waals surface area contributed by atoms with E-state index in [9.17, 15) is 5.11 Å². The van der Waals surface area contributed by atoms with Crippen LogP contribution in [0.5, 0.6) is 5.75 Å².